The molecule has 0 aliphatic carbocycles. The van der Waals surface area contributed by atoms with E-state index in [-0.39, 0.29) is 6.92 Å². The van der Waals surface area contributed by atoms with Gasteiger partial charge in [0.25, 0.3) is 0 Å². The third kappa shape index (κ3) is 5.36. The summed E-state index contributed by atoms with van der Waals surface area (Å²) in [6, 6.07) is 0. The Kier molecular flexibility index (Phi) is 9.41. The van der Waals surface area contributed by atoms with Gasteiger partial charge in [-0.05, 0) is 6.92 Å². The smallest absolute Gasteiger partial charge is 0.310 e. The summed E-state index contributed by atoms with van der Waals surface area (Å²) in [6.07, 6.45) is -0.349. The maximum absolute atomic E-state index is 12.7. The van der Waals surface area contributed by atoms with Gasteiger partial charge in [0.1, 0.15) is 0 Å². The van der Waals surface area contributed by atoms with E-state index in [1.165, 1.54) is 0 Å². The molecule has 0 aromatic rings. The lowest BCUT2D eigenvalue weighted by Gasteiger charge is -2.35. The Balaban J connectivity index is 0. The van der Waals surface area contributed by atoms with Gasteiger partial charge in [0.2, 0.25) is 0 Å². The lowest BCUT2D eigenvalue weighted by molar-refractivity contribution is -0.358. The first-order chi connectivity index (χ1) is 11.4. The molecule has 0 rings (SSSR count). The van der Waals surface area contributed by atoms with Gasteiger partial charge in [0.15, 0.2) is 6.17 Å². The molecular weight excluding hydrogens is 409 g/mol. The highest BCUT2D eigenvalue weighted by atomic mass is 32.2. The SMILES string of the molecule is C=CCNCC=C.CC(F)C(F)(F)C(F)(F)C(F)(F)C(F)(F)S(=O)(=O)O. The fourth-order valence-corrected chi connectivity index (χ4v) is 1.54. The minimum absolute atomic E-state index is 0.324. The number of alkyl halides is 9. The molecule has 0 aliphatic heterocycles. The van der Waals surface area contributed by atoms with Crippen LogP contribution in [0.25, 0.3) is 0 Å². The molecule has 0 amide bonds. The van der Waals surface area contributed by atoms with Crippen LogP contribution in [-0.4, -0.2) is 55.3 Å². The van der Waals surface area contributed by atoms with Crippen molar-refractivity contribution in [3.05, 3.63) is 25.3 Å². The van der Waals surface area contributed by atoms with Crippen LogP contribution in [-0.2, 0) is 10.1 Å². The molecule has 0 saturated heterocycles. The summed E-state index contributed by atoms with van der Waals surface area (Å²) in [6.45, 7) is 8.48. The van der Waals surface area contributed by atoms with Crippen molar-refractivity contribution in [2.24, 2.45) is 0 Å². The van der Waals surface area contributed by atoms with Crippen LogP contribution in [0.15, 0.2) is 25.3 Å². The molecule has 156 valence electrons. The van der Waals surface area contributed by atoms with Gasteiger partial charge in [0.05, 0.1) is 0 Å². The zero-order chi connectivity index (χ0) is 21.6. The molecule has 1 atom stereocenters. The number of rotatable bonds is 9. The normalized spacial score (nSPS) is 14.9. The first-order valence-corrected chi connectivity index (χ1v) is 7.85. The van der Waals surface area contributed by atoms with Crippen LogP contribution >= 0.6 is 0 Å². The van der Waals surface area contributed by atoms with Gasteiger partial charge < -0.3 is 5.32 Å². The zero-order valence-corrected chi connectivity index (χ0v) is 14.0. The van der Waals surface area contributed by atoms with Crippen LogP contribution < -0.4 is 5.32 Å². The highest BCUT2D eigenvalue weighted by Crippen LogP contribution is 2.55. The average Bonchev–Trinajstić information content (AvgIpc) is 2.46. The van der Waals surface area contributed by atoms with Gasteiger partial charge in [-0.2, -0.15) is 43.5 Å². The molecule has 0 fully saturated rings. The van der Waals surface area contributed by atoms with E-state index in [1.54, 1.807) is 0 Å². The third-order valence-corrected chi connectivity index (χ3v) is 3.48. The molecule has 0 aromatic carbocycles. The van der Waals surface area contributed by atoms with Gasteiger partial charge in [-0.15, -0.1) is 13.2 Å². The Morgan fingerprint density at radius 3 is 1.54 bits per heavy atom. The molecule has 0 spiro atoms. The number of nitrogens with one attached hydrogen (secondary N) is 1. The topological polar surface area (TPSA) is 66.4 Å². The molecule has 4 nitrogen and oxygen atoms in total. The molecule has 0 radical (unpaired) electrons. The predicted octanol–water partition coefficient (Wildman–Crippen LogP) is 3.68. The van der Waals surface area contributed by atoms with Crippen LogP contribution in [0, 0.1) is 0 Å². The van der Waals surface area contributed by atoms with Gasteiger partial charge in [-0.25, -0.2) is 4.39 Å². The minimum atomic E-state index is -7.25. The van der Waals surface area contributed by atoms with Crippen LogP contribution in [0.5, 0.6) is 0 Å². The van der Waals surface area contributed by atoms with E-state index < -0.39 is 39.3 Å². The Hall–Kier alpha value is -1.28. The van der Waals surface area contributed by atoms with Gasteiger partial charge >= 0.3 is 33.1 Å². The lowest BCUT2D eigenvalue weighted by Crippen LogP contribution is -2.66. The zero-order valence-electron chi connectivity index (χ0n) is 13.1. The number of hydrogen-bond donors (Lipinski definition) is 2. The van der Waals surface area contributed by atoms with Crippen molar-refractivity contribution in [3.63, 3.8) is 0 Å². The van der Waals surface area contributed by atoms with Crippen LogP contribution in [0.4, 0.5) is 39.5 Å². The molecule has 1 unspecified atom stereocenters. The standard InChI is InChI=1S/C6H5F9O3S.C6H11N/c1-2(7)3(8,9)4(10,11)5(12,13)6(14,15)19(16,17)18;1-3-5-7-6-4-2/h2H,1H3,(H,16,17,18);3-4,7H,1-2,5-6H2. The second-order valence-corrected chi connectivity index (χ2v) is 6.08. The van der Waals surface area contributed by atoms with E-state index in [1.807, 2.05) is 12.2 Å². The van der Waals surface area contributed by atoms with Crippen LogP contribution in [0.1, 0.15) is 6.92 Å². The maximum Gasteiger partial charge on any atom is 0.438 e. The predicted molar refractivity (Wildman–Crippen MR) is 75.2 cm³/mol. The van der Waals surface area contributed by atoms with Gasteiger partial charge in [-0.3, -0.25) is 4.55 Å². The largest absolute Gasteiger partial charge is 0.438 e. The summed E-state index contributed by atoms with van der Waals surface area (Å²) in [5.74, 6) is -20.6. The van der Waals surface area contributed by atoms with E-state index in [4.69, 9.17) is 4.55 Å². The molecule has 0 heterocycles. The van der Waals surface area contributed by atoms with Crippen molar-refractivity contribution in [3.8, 4) is 0 Å². The van der Waals surface area contributed by atoms with E-state index >= 15 is 0 Å². The molecule has 0 aromatic heterocycles. The Bertz CT molecular complexity index is 568. The van der Waals surface area contributed by atoms with Crippen LogP contribution in [0.3, 0.4) is 0 Å². The summed E-state index contributed by atoms with van der Waals surface area (Å²) in [4.78, 5) is 0. The van der Waals surface area contributed by atoms with Crippen molar-refractivity contribution in [1.82, 2.24) is 5.32 Å². The average molecular weight is 425 g/mol. The fraction of sp³-hybridized carbons (Fsp3) is 0.667. The van der Waals surface area contributed by atoms with Crippen molar-refractivity contribution in [1.29, 1.82) is 0 Å². The number of halogens is 9. The first kappa shape index (κ1) is 26.9. The summed E-state index contributed by atoms with van der Waals surface area (Å²) in [5, 5.41) is -3.89. The molecular formula is C12H16F9NO3S. The third-order valence-electron chi connectivity index (χ3n) is 2.58. The maximum atomic E-state index is 12.7. The summed E-state index contributed by atoms with van der Waals surface area (Å²) < 4.78 is 140. The van der Waals surface area contributed by atoms with Gasteiger partial charge in [0, 0.05) is 13.1 Å². The monoisotopic (exact) mass is 425 g/mol. The Labute approximate surface area is 143 Å². The summed E-state index contributed by atoms with van der Waals surface area (Å²) in [7, 11) is -7.15. The highest BCUT2D eigenvalue weighted by molar-refractivity contribution is 7.87. The minimum Gasteiger partial charge on any atom is -0.310 e. The Morgan fingerprint density at radius 1 is 0.962 bits per heavy atom. The van der Waals surface area contributed by atoms with E-state index in [0.717, 1.165) is 13.1 Å². The van der Waals surface area contributed by atoms with E-state index in [0.29, 0.717) is 0 Å². The summed E-state index contributed by atoms with van der Waals surface area (Å²) in [5.41, 5.74) is 0. The van der Waals surface area contributed by atoms with Crippen molar-refractivity contribution >= 4 is 10.1 Å². The molecule has 14 heteroatoms. The van der Waals surface area contributed by atoms with E-state index in [2.05, 4.69) is 18.5 Å². The highest BCUT2D eigenvalue weighted by Gasteiger charge is 2.85. The molecule has 0 saturated carbocycles. The first-order valence-electron chi connectivity index (χ1n) is 6.41. The molecule has 2 N–H and O–H groups in total. The lowest BCUT2D eigenvalue weighted by atomic mass is 10.0. The second kappa shape index (κ2) is 9.08. The second-order valence-electron chi connectivity index (χ2n) is 4.62. The molecule has 0 bridgehead atoms. The van der Waals surface area contributed by atoms with Crippen molar-refractivity contribution in [2.75, 3.05) is 13.1 Å². The molecule has 26 heavy (non-hydrogen) atoms. The van der Waals surface area contributed by atoms with Crippen molar-refractivity contribution < 1.29 is 52.5 Å². The summed E-state index contributed by atoms with van der Waals surface area (Å²) >= 11 is 0. The van der Waals surface area contributed by atoms with Gasteiger partial charge in [-0.1, -0.05) is 12.2 Å². The Morgan fingerprint density at radius 2 is 1.31 bits per heavy atom. The fourth-order valence-electron chi connectivity index (χ4n) is 1.09. The van der Waals surface area contributed by atoms with E-state index in [9.17, 15) is 47.9 Å². The van der Waals surface area contributed by atoms with Crippen molar-refractivity contribution in [2.45, 2.75) is 36.1 Å². The van der Waals surface area contributed by atoms with Crippen LogP contribution in [0.2, 0.25) is 0 Å². The quantitative estimate of drug-likeness (QED) is 0.256. The molecule has 0 aliphatic rings. The number of hydrogen-bond acceptors (Lipinski definition) is 3.